The molecule has 0 atom stereocenters. The summed E-state index contributed by atoms with van der Waals surface area (Å²) in [5.41, 5.74) is 0. The Morgan fingerprint density at radius 1 is 0.682 bits per heavy atom. The number of hydrogen-bond acceptors (Lipinski definition) is 4. The van der Waals surface area contributed by atoms with E-state index in [1.54, 1.807) is 12.2 Å². The van der Waals surface area contributed by atoms with E-state index < -0.39 is 0 Å². The van der Waals surface area contributed by atoms with Crippen molar-refractivity contribution in [3.05, 3.63) is 12.2 Å². The van der Waals surface area contributed by atoms with E-state index in [4.69, 9.17) is 9.47 Å². The Balaban J connectivity index is 1.54. The predicted octanol–water partition coefficient (Wildman–Crippen LogP) is 3.79. The second kappa shape index (κ2) is 9.65. The third-order valence-corrected chi connectivity index (χ3v) is 4.69. The van der Waals surface area contributed by atoms with Crippen LogP contribution in [0.2, 0.25) is 0 Å². The molecular formula is C18H28O4. The SMILES string of the molecule is O=C(OCC=CCOC(=O)C1CCCCC1)C1CCCCC1. The first kappa shape index (κ1) is 17.0. The summed E-state index contributed by atoms with van der Waals surface area (Å²) >= 11 is 0. The first-order chi connectivity index (χ1) is 10.8. The minimum atomic E-state index is -0.0800. The molecule has 0 radical (unpaired) electrons. The molecule has 0 amide bonds. The molecule has 2 rings (SSSR count). The Morgan fingerprint density at radius 2 is 1.05 bits per heavy atom. The first-order valence-corrected chi connectivity index (χ1v) is 8.75. The van der Waals surface area contributed by atoms with Crippen molar-refractivity contribution >= 4 is 11.9 Å². The van der Waals surface area contributed by atoms with Gasteiger partial charge in [0.05, 0.1) is 11.8 Å². The highest BCUT2D eigenvalue weighted by Gasteiger charge is 2.22. The van der Waals surface area contributed by atoms with Crippen LogP contribution in [0.5, 0.6) is 0 Å². The Hall–Kier alpha value is -1.32. The Morgan fingerprint density at radius 3 is 1.41 bits per heavy atom. The molecular weight excluding hydrogens is 280 g/mol. The van der Waals surface area contributed by atoms with Crippen molar-refractivity contribution in [2.75, 3.05) is 13.2 Å². The van der Waals surface area contributed by atoms with E-state index in [1.165, 1.54) is 12.8 Å². The average molecular weight is 308 g/mol. The monoisotopic (exact) mass is 308 g/mol. The van der Waals surface area contributed by atoms with Gasteiger partial charge in [-0.2, -0.15) is 0 Å². The Labute approximate surface area is 133 Å². The predicted molar refractivity (Wildman–Crippen MR) is 84.2 cm³/mol. The average Bonchev–Trinajstić information content (AvgIpc) is 2.59. The van der Waals surface area contributed by atoms with E-state index in [1.807, 2.05) is 0 Å². The summed E-state index contributed by atoms with van der Waals surface area (Å²) in [5, 5.41) is 0. The zero-order valence-electron chi connectivity index (χ0n) is 13.4. The van der Waals surface area contributed by atoms with Crippen molar-refractivity contribution in [2.45, 2.75) is 64.2 Å². The largest absolute Gasteiger partial charge is 0.461 e. The molecule has 124 valence electrons. The van der Waals surface area contributed by atoms with E-state index in [-0.39, 0.29) is 37.0 Å². The van der Waals surface area contributed by atoms with Gasteiger partial charge in [0.2, 0.25) is 0 Å². The Bertz CT molecular complexity index is 341. The molecule has 4 heteroatoms. The highest BCUT2D eigenvalue weighted by Crippen LogP contribution is 2.25. The molecule has 0 heterocycles. The van der Waals surface area contributed by atoms with Gasteiger partial charge in [0.1, 0.15) is 13.2 Å². The summed E-state index contributed by atoms with van der Waals surface area (Å²) in [4.78, 5) is 23.6. The van der Waals surface area contributed by atoms with Gasteiger partial charge in [-0.3, -0.25) is 9.59 Å². The third kappa shape index (κ3) is 5.82. The molecule has 0 aromatic carbocycles. The fourth-order valence-corrected chi connectivity index (χ4v) is 3.31. The van der Waals surface area contributed by atoms with E-state index in [0.29, 0.717) is 0 Å². The number of carbonyl (C=O) groups is 2. The molecule has 0 aliphatic heterocycles. The van der Waals surface area contributed by atoms with Crippen LogP contribution in [0.25, 0.3) is 0 Å². The molecule has 0 N–H and O–H groups in total. The van der Waals surface area contributed by atoms with E-state index in [0.717, 1.165) is 51.4 Å². The molecule has 0 spiro atoms. The lowest BCUT2D eigenvalue weighted by Gasteiger charge is -2.19. The van der Waals surface area contributed by atoms with Crippen LogP contribution in [0, 0.1) is 11.8 Å². The minimum absolute atomic E-state index is 0.0800. The van der Waals surface area contributed by atoms with Crippen LogP contribution in [0.3, 0.4) is 0 Å². The van der Waals surface area contributed by atoms with Crippen molar-refractivity contribution in [1.29, 1.82) is 0 Å². The van der Waals surface area contributed by atoms with Gasteiger partial charge in [0, 0.05) is 0 Å². The Kier molecular flexibility index (Phi) is 7.47. The molecule has 2 saturated carbocycles. The van der Waals surface area contributed by atoms with Gasteiger partial charge in [-0.25, -0.2) is 0 Å². The lowest BCUT2D eigenvalue weighted by atomic mass is 9.89. The van der Waals surface area contributed by atoms with Crippen LogP contribution in [-0.2, 0) is 19.1 Å². The van der Waals surface area contributed by atoms with Crippen molar-refractivity contribution in [2.24, 2.45) is 11.8 Å². The smallest absolute Gasteiger partial charge is 0.309 e. The van der Waals surface area contributed by atoms with Gasteiger partial charge < -0.3 is 9.47 Å². The first-order valence-electron chi connectivity index (χ1n) is 8.75. The van der Waals surface area contributed by atoms with Crippen LogP contribution >= 0.6 is 0 Å². The molecule has 2 aliphatic rings. The minimum Gasteiger partial charge on any atom is -0.461 e. The maximum absolute atomic E-state index is 11.8. The van der Waals surface area contributed by atoms with Crippen molar-refractivity contribution < 1.29 is 19.1 Å². The molecule has 0 saturated heterocycles. The standard InChI is InChI=1S/C18H28O4/c19-17(15-9-3-1-4-10-15)21-13-7-8-14-22-18(20)16-11-5-2-6-12-16/h7-8,15-16H,1-6,9-14H2. The number of hydrogen-bond donors (Lipinski definition) is 0. The lowest BCUT2D eigenvalue weighted by molar-refractivity contribution is -0.149. The van der Waals surface area contributed by atoms with Crippen molar-refractivity contribution in [3.63, 3.8) is 0 Å². The maximum atomic E-state index is 11.8. The van der Waals surface area contributed by atoms with Crippen LogP contribution in [0.1, 0.15) is 64.2 Å². The van der Waals surface area contributed by atoms with Crippen LogP contribution in [0.4, 0.5) is 0 Å². The molecule has 4 nitrogen and oxygen atoms in total. The highest BCUT2D eigenvalue weighted by atomic mass is 16.5. The molecule has 0 unspecified atom stereocenters. The van der Waals surface area contributed by atoms with Gasteiger partial charge in [-0.1, -0.05) is 38.5 Å². The zero-order valence-corrected chi connectivity index (χ0v) is 13.4. The zero-order chi connectivity index (χ0) is 15.6. The summed E-state index contributed by atoms with van der Waals surface area (Å²) < 4.78 is 10.5. The summed E-state index contributed by atoms with van der Waals surface area (Å²) in [7, 11) is 0. The number of esters is 2. The van der Waals surface area contributed by atoms with Gasteiger partial charge >= 0.3 is 11.9 Å². The molecule has 2 aliphatic carbocycles. The van der Waals surface area contributed by atoms with Gasteiger partial charge in [-0.05, 0) is 37.8 Å². The molecule has 2 fully saturated rings. The maximum Gasteiger partial charge on any atom is 0.309 e. The summed E-state index contributed by atoms with van der Waals surface area (Å²) in [6.45, 7) is 0.548. The van der Waals surface area contributed by atoms with Gasteiger partial charge in [0.25, 0.3) is 0 Å². The fourth-order valence-electron chi connectivity index (χ4n) is 3.31. The molecule has 0 aromatic rings. The van der Waals surface area contributed by atoms with Crippen LogP contribution < -0.4 is 0 Å². The molecule has 22 heavy (non-hydrogen) atoms. The summed E-state index contributed by atoms with van der Waals surface area (Å²) in [5.74, 6) is 0.0182. The van der Waals surface area contributed by atoms with Crippen LogP contribution in [-0.4, -0.2) is 25.2 Å². The second-order valence-corrected chi connectivity index (χ2v) is 6.40. The van der Waals surface area contributed by atoms with E-state index in [9.17, 15) is 9.59 Å². The van der Waals surface area contributed by atoms with Gasteiger partial charge in [-0.15, -0.1) is 0 Å². The normalized spacial score (nSPS) is 20.9. The van der Waals surface area contributed by atoms with Crippen LogP contribution in [0.15, 0.2) is 12.2 Å². The van der Waals surface area contributed by atoms with Crippen molar-refractivity contribution in [1.82, 2.24) is 0 Å². The summed E-state index contributed by atoms with van der Waals surface area (Å²) in [6.07, 6.45) is 14.3. The van der Waals surface area contributed by atoms with E-state index in [2.05, 4.69) is 0 Å². The molecule has 0 aromatic heterocycles. The quantitative estimate of drug-likeness (QED) is 0.553. The third-order valence-electron chi connectivity index (χ3n) is 4.69. The topological polar surface area (TPSA) is 52.6 Å². The second-order valence-electron chi connectivity index (χ2n) is 6.40. The number of carbonyl (C=O) groups excluding carboxylic acids is 2. The molecule has 0 bridgehead atoms. The summed E-state index contributed by atoms with van der Waals surface area (Å²) in [6, 6.07) is 0. The van der Waals surface area contributed by atoms with Crippen molar-refractivity contribution in [3.8, 4) is 0 Å². The highest BCUT2D eigenvalue weighted by molar-refractivity contribution is 5.73. The fraction of sp³-hybridized carbons (Fsp3) is 0.778. The number of rotatable bonds is 6. The number of ether oxygens (including phenoxy) is 2. The van der Waals surface area contributed by atoms with Gasteiger partial charge in [0.15, 0.2) is 0 Å². The lowest BCUT2D eigenvalue weighted by Crippen LogP contribution is -2.21. The van der Waals surface area contributed by atoms with E-state index >= 15 is 0 Å².